The van der Waals surface area contributed by atoms with Crippen LogP contribution in [0.3, 0.4) is 0 Å². The molecule has 2 rings (SSSR count). The second-order valence-corrected chi connectivity index (χ2v) is 3.98. The molecule has 1 aliphatic rings. The van der Waals surface area contributed by atoms with Crippen molar-refractivity contribution in [2.24, 2.45) is 0 Å². The van der Waals surface area contributed by atoms with E-state index >= 15 is 0 Å². The summed E-state index contributed by atoms with van der Waals surface area (Å²) < 4.78 is 10.3. The van der Waals surface area contributed by atoms with Crippen LogP contribution in [0.2, 0.25) is 0 Å². The number of nitrogens with one attached hydrogen (secondary N) is 1. The lowest BCUT2D eigenvalue weighted by atomic mass is 10.1. The number of hydrogen-bond acceptors (Lipinski definition) is 7. The van der Waals surface area contributed by atoms with E-state index in [9.17, 15) is 14.4 Å². The standard InChI is InChI=1S/C13H13NO6/c1-2-9(15)13(17)20-14-6-10(16)8-3-4-11-12(5-8)19-7-18-11/h3-5,14H,2,6-7H2,1H3. The van der Waals surface area contributed by atoms with E-state index in [4.69, 9.17) is 9.47 Å². The molecular formula is C13H13NO6. The molecule has 0 aliphatic carbocycles. The van der Waals surface area contributed by atoms with Gasteiger partial charge in [0.05, 0.1) is 6.54 Å². The molecule has 7 heteroatoms. The molecule has 1 aromatic rings. The zero-order valence-electron chi connectivity index (χ0n) is 10.8. The summed E-state index contributed by atoms with van der Waals surface area (Å²) in [4.78, 5) is 38.3. The average Bonchev–Trinajstić information content (AvgIpc) is 2.93. The van der Waals surface area contributed by atoms with Crippen molar-refractivity contribution < 1.29 is 28.7 Å². The molecule has 0 unspecified atom stereocenters. The zero-order valence-corrected chi connectivity index (χ0v) is 10.8. The van der Waals surface area contributed by atoms with Crippen LogP contribution < -0.4 is 15.0 Å². The van der Waals surface area contributed by atoms with Gasteiger partial charge in [-0.2, -0.15) is 0 Å². The molecule has 0 fully saturated rings. The fourth-order valence-corrected chi connectivity index (χ4v) is 1.54. The number of ketones is 2. The third-order valence-electron chi connectivity index (χ3n) is 2.64. The maximum atomic E-state index is 11.8. The van der Waals surface area contributed by atoms with Gasteiger partial charge >= 0.3 is 5.97 Å². The van der Waals surface area contributed by atoms with Gasteiger partial charge in [-0.1, -0.05) is 6.92 Å². The first kappa shape index (κ1) is 14.0. The molecule has 1 N–H and O–H groups in total. The molecule has 106 valence electrons. The van der Waals surface area contributed by atoms with Crippen molar-refractivity contribution in [2.45, 2.75) is 13.3 Å². The number of carbonyl (C=O) groups is 3. The molecule has 0 bridgehead atoms. The Hall–Kier alpha value is -2.41. The van der Waals surface area contributed by atoms with Crippen LogP contribution in [0.5, 0.6) is 11.5 Å². The van der Waals surface area contributed by atoms with Crippen molar-refractivity contribution in [3.05, 3.63) is 23.8 Å². The molecule has 0 amide bonds. The van der Waals surface area contributed by atoms with Crippen molar-refractivity contribution in [2.75, 3.05) is 13.3 Å². The summed E-state index contributed by atoms with van der Waals surface area (Å²) >= 11 is 0. The summed E-state index contributed by atoms with van der Waals surface area (Å²) in [6.07, 6.45) is 0.0522. The van der Waals surface area contributed by atoms with Gasteiger partial charge in [-0.05, 0) is 18.2 Å². The molecule has 0 saturated heterocycles. The van der Waals surface area contributed by atoms with Crippen molar-refractivity contribution in [1.82, 2.24) is 5.48 Å². The third kappa shape index (κ3) is 3.12. The Morgan fingerprint density at radius 3 is 2.75 bits per heavy atom. The Labute approximate surface area is 114 Å². The van der Waals surface area contributed by atoms with Crippen molar-refractivity contribution in [3.8, 4) is 11.5 Å². The largest absolute Gasteiger partial charge is 0.454 e. The molecule has 0 aromatic heterocycles. The van der Waals surface area contributed by atoms with Crippen LogP contribution in [0.15, 0.2) is 18.2 Å². The Morgan fingerprint density at radius 2 is 2.00 bits per heavy atom. The highest BCUT2D eigenvalue weighted by molar-refractivity contribution is 6.33. The van der Waals surface area contributed by atoms with E-state index in [1.165, 1.54) is 0 Å². The molecule has 20 heavy (non-hydrogen) atoms. The summed E-state index contributed by atoms with van der Waals surface area (Å²) in [6, 6.07) is 4.75. The van der Waals surface area contributed by atoms with Crippen LogP contribution >= 0.6 is 0 Å². The highest BCUT2D eigenvalue weighted by Crippen LogP contribution is 2.32. The Balaban J connectivity index is 1.86. The van der Waals surface area contributed by atoms with Gasteiger partial charge in [0.25, 0.3) is 0 Å². The van der Waals surface area contributed by atoms with Crippen LogP contribution in [-0.2, 0) is 14.4 Å². The van der Waals surface area contributed by atoms with E-state index in [1.54, 1.807) is 25.1 Å². The minimum Gasteiger partial charge on any atom is -0.454 e. The number of benzene rings is 1. The van der Waals surface area contributed by atoms with Crippen LogP contribution in [0.25, 0.3) is 0 Å². The number of rotatable bonds is 6. The van der Waals surface area contributed by atoms with E-state index in [-0.39, 0.29) is 25.5 Å². The first-order chi connectivity index (χ1) is 9.61. The third-order valence-corrected chi connectivity index (χ3v) is 2.64. The molecule has 0 radical (unpaired) electrons. The number of fused-ring (bicyclic) bond motifs is 1. The smallest absolute Gasteiger partial charge is 0.393 e. The first-order valence-electron chi connectivity index (χ1n) is 6.01. The normalized spacial score (nSPS) is 12.1. The second-order valence-electron chi connectivity index (χ2n) is 3.98. The maximum Gasteiger partial charge on any atom is 0.393 e. The molecule has 1 aromatic carbocycles. The molecule has 0 atom stereocenters. The van der Waals surface area contributed by atoms with Gasteiger partial charge in [0.1, 0.15) is 0 Å². The highest BCUT2D eigenvalue weighted by Gasteiger charge is 2.17. The summed E-state index contributed by atoms with van der Waals surface area (Å²) in [7, 11) is 0. The number of carbonyl (C=O) groups excluding carboxylic acids is 3. The summed E-state index contributed by atoms with van der Waals surface area (Å²) in [5, 5.41) is 0. The van der Waals surface area contributed by atoms with Crippen LogP contribution in [-0.4, -0.2) is 30.9 Å². The Morgan fingerprint density at radius 1 is 1.25 bits per heavy atom. The van der Waals surface area contributed by atoms with Crippen molar-refractivity contribution in [1.29, 1.82) is 0 Å². The number of ether oxygens (including phenoxy) is 2. The minimum atomic E-state index is -1.01. The van der Waals surface area contributed by atoms with E-state index in [0.29, 0.717) is 17.1 Å². The van der Waals surface area contributed by atoms with E-state index in [1.807, 2.05) is 0 Å². The predicted molar refractivity (Wildman–Crippen MR) is 66.3 cm³/mol. The van der Waals surface area contributed by atoms with Gasteiger partial charge in [-0.15, -0.1) is 5.48 Å². The molecule has 1 aliphatic heterocycles. The Kier molecular flexibility index (Phi) is 4.31. The van der Waals surface area contributed by atoms with Crippen LogP contribution in [0.4, 0.5) is 0 Å². The van der Waals surface area contributed by atoms with Crippen LogP contribution in [0.1, 0.15) is 23.7 Å². The molecular weight excluding hydrogens is 266 g/mol. The summed E-state index contributed by atoms with van der Waals surface area (Å²) in [5.41, 5.74) is 2.56. The molecule has 0 saturated carbocycles. The van der Waals surface area contributed by atoms with Gasteiger partial charge in [0.2, 0.25) is 12.6 Å². The SMILES string of the molecule is CCC(=O)C(=O)ONCC(=O)c1ccc2c(c1)OCO2. The number of Topliss-reactive ketones (excluding diaryl/α,β-unsaturated/α-hetero) is 2. The number of hydrogen-bond donors (Lipinski definition) is 1. The molecule has 1 heterocycles. The predicted octanol–water partition coefficient (Wildman–Crippen LogP) is 0.625. The van der Waals surface area contributed by atoms with E-state index < -0.39 is 11.8 Å². The fraction of sp³-hybridized carbons (Fsp3) is 0.308. The zero-order chi connectivity index (χ0) is 14.5. The van der Waals surface area contributed by atoms with Crippen molar-refractivity contribution in [3.63, 3.8) is 0 Å². The molecule has 7 nitrogen and oxygen atoms in total. The number of hydroxylamine groups is 1. The van der Waals surface area contributed by atoms with Gasteiger partial charge in [0, 0.05) is 12.0 Å². The van der Waals surface area contributed by atoms with Gasteiger partial charge in [-0.3, -0.25) is 9.59 Å². The lowest BCUT2D eigenvalue weighted by Gasteiger charge is -2.05. The van der Waals surface area contributed by atoms with Crippen molar-refractivity contribution >= 4 is 17.5 Å². The first-order valence-corrected chi connectivity index (χ1v) is 6.01. The lowest BCUT2D eigenvalue weighted by molar-refractivity contribution is -0.159. The van der Waals surface area contributed by atoms with E-state index in [2.05, 4.69) is 10.3 Å². The minimum absolute atomic E-state index is 0.0522. The van der Waals surface area contributed by atoms with Gasteiger partial charge in [-0.25, -0.2) is 4.79 Å². The monoisotopic (exact) mass is 279 g/mol. The maximum absolute atomic E-state index is 11.8. The van der Waals surface area contributed by atoms with E-state index in [0.717, 1.165) is 0 Å². The average molecular weight is 279 g/mol. The van der Waals surface area contributed by atoms with Gasteiger partial charge in [0.15, 0.2) is 17.3 Å². The van der Waals surface area contributed by atoms with Gasteiger partial charge < -0.3 is 14.3 Å². The highest BCUT2D eigenvalue weighted by atomic mass is 16.7. The summed E-state index contributed by atoms with van der Waals surface area (Å²) in [5.74, 6) is -0.900. The molecule has 0 spiro atoms. The quantitative estimate of drug-likeness (QED) is 0.464. The topological polar surface area (TPSA) is 90.9 Å². The lowest BCUT2D eigenvalue weighted by Crippen LogP contribution is -2.29. The fourth-order valence-electron chi connectivity index (χ4n) is 1.54. The Bertz CT molecular complexity index is 554. The van der Waals surface area contributed by atoms with Crippen LogP contribution in [0, 0.1) is 0 Å². The summed E-state index contributed by atoms with van der Waals surface area (Å²) in [6.45, 7) is 1.44. The second kappa shape index (κ2) is 6.16.